The number of anilines is 1. The second kappa shape index (κ2) is 10.1. The molecule has 2 aromatic rings. The maximum absolute atomic E-state index is 11.8. The van der Waals surface area contributed by atoms with Crippen LogP contribution in [0.5, 0.6) is 0 Å². The quantitative estimate of drug-likeness (QED) is 0.362. The van der Waals surface area contributed by atoms with Gasteiger partial charge in [-0.1, -0.05) is 36.4 Å². The average Bonchev–Trinajstić information content (AvgIpc) is 3.11. The number of benzene rings is 2. The van der Waals surface area contributed by atoms with Crippen molar-refractivity contribution in [1.29, 1.82) is 0 Å². The standard InChI is InChI=1S/C24H29NO3/c1-3-28-24(26)19(2)16-21-10-11-23-22(17-21)12-14-25(23)13-7-15-27-18-20-8-5-4-6-9-20/h4-6,8-11,16-17H,3,7,12-15,18H2,1-2H3. The number of rotatable bonds is 9. The fraction of sp³-hybridized carbons (Fsp3) is 0.375. The molecule has 0 aromatic heterocycles. The minimum atomic E-state index is -0.250. The van der Waals surface area contributed by atoms with Crippen LogP contribution in [0.3, 0.4) is 0 Å². The summed E-state index contributed by atoms with van der Waals surface area (Å²) in [4.78, 5) is 14.2. The summed E-state index contributed by atoms with van der Waals surface area (Å²) >= 11 is 0. The smallest absolute Gasteiger partial charge is 0.333 e. The van der Waals surface area contributed by atoms with Gasteiger partial charge >= 0.3 is 5.97 Å². The van der Waals surface area contributed by atoms with E-state index in [1.807, 2.05) is 31.2 Å². The Morgan fingerprint density at radius 3 is 2.79 bits per heavy atom. The first-order chi connectivity index (χ1) is 13.7. The molecule has 4 nitrogen and oxygen atoms in total. The predicted octanol–water partition coefficient (Wildman–Crippen LogP) is 4.62. The zero-order valence-electron chi connectivity index (χ0n) is 16.8. The van der Waals surface area contributed by atoms with Crippen LogP contribution in [0.2, 0.25) is 0 Å². The van der Waals surface area contributed by atoms with Crippen molar-refractivity contribution >= 4 is 17.7 Å². The normalized spacial score (nSPS) is 13.5. The molecule has 0 amide bonds. The van der Waals surface area contributed by atoms with Gasteiger partial charge < -0.3 is 14.4 Å². The van der Waals surface area contributed by atoms with Crippen LogP contribution >= 0.6 is 0 Å². The maximum Gasteiger partial charge on any atom is 0.333 e. The number of hydrogen-bond donors (Lipinski definition) is 0. The van der Waals surface area contributed by atoms with E-state index in [2.05, 4.69) is 35.2 Å². The third-order valence-electron chi connectivity index (χ3n) is 4.90. The summed E-state index contributed by atoms with van der Waals surface area (Å²) in [5.74, 6) is -0.250. The summed E-state index contributed by atoms with van der Waals surface area (Å²) in [5, 5.41) is 0. The van der Waals surface area contributed by atoms with Crippen molar-refractivity contribution in [2.45, 2.75) is 33.3 Å². The molecule has 0 fully saturated rings. The van der Waals surface area contributed by atoms with Crippen molar-refractivity contribution in [3.8, 4) is 0 Å². The Kier molecular flexibility index (Phi) is 7.26. The number of fused-ring (bicyclic) bond motifs is 1. The number of hydrogen-bond acceptors (Lipinski definition) is 4. The van der Waals surface area contributed by atoms with E-state index in [4.69, 9.17) is 9.47 Å². The average molecular weight is 380 g/mol. The van der Waals surface area contributed by atoms with Gasteiger partial charge in [0, 0.05) is 31.0 Å². The zero-order chi connectivity index (χ0) is 19.8. The van der Waals surface area contributed by atoms with Crippen LogP contribution in [0.15, 0.2) is 54.1 Å². The van der Waals surface area contributed by atoms with Crippen LogP contribution in [0, 0.1) is 0 Å². The lowest BCUT2D eigenvalue weighted by Crippen LogP contribution is -2.22. The number of carbonyl (C=O) groups excluding carboxylic acids is 1. The van der Waals surface area contributed by atoms with Crippen LogP contribution in [-0.4, -0.2) is 32.3 Å². The van der Waals surface area contributed by atoms with Crippen molar-refractivity contribution in [3.05, 3.63) is 70.8 Å². The van der Waals surface area contributed by atoms with Crippen LogP contribution in [-0.2, 0) is 27.3 Å². The highest BCUT2D eigenvalue weighted by atomic mass is 16.5. The third-order valence-corrected chi connectivity index (χ3v) is 4.90. The van der Waals surface area contributed by atoms with Gasteiger partial charge in [0.2, 0.25) is 0 Å². The summed E-state index contributed by atoms with van der Waals surface area (Å²) in [6.07, 6.45) is 3.95. The van der Waals surface area contributed by atoms with E-state index in [0.29, 0.717) is 18.8 Å². The van der Waals surface area contributed by atoms with Gasteiger partial charge in [-0.2, -0.15) is 0 Å². The maximum atomic E-state index is 11.8. The van der Waals surface area contributed by atoms with Gasteiger partial charge in [-0.25, -0.2) is 4.79 Å². The molecule has 28 heavy (non-hydrogen) atoms. The van der Waals surface area contributed by atoms with Crippen LogP contribution in [0.1, 0.15) is 37.0 Å². The number of ether oxygens (including phenoxy) is 2. The molecule has 0 aliphatic carbocycles. The van der Waals surface area contributed by atoms with Gasteiger partial charge in [0.1, 0.15) is 0 Å². The molecular weight excluding hydrogens is 350 g/mol. The molecule has 0 saturated carbocycles. The topological polar surface area (TPSA) is 38.8 Å². The molecule has 1 heterocycles. The van der Waals surface area contributed by atoms with Gasteiger partial charge in [-0.05, 0) is 61.6 Å². The predicted molar refractivity (Wildman–Crippen MR) is 113 cm³/mol. The van der Waals surface area contributed by atoms with Gasteiger partial charge in [-0.15, -0.1) is 0 Å². The molecule has 0 unspecified atom stereocenters. The van der Waals surface area contributed by atoms with Gasteiger partial charge in [0.25, 0.3) is 0 Å². The lowest BCUT2D eigenvalue weighted by molar-refractivity contribution is -0.138. The van der Waals surface area contributed by atoms with E-state index in [1.165, 1.54) is 16.8 Å². The summed E-state index contributed by atoms with van der Waals surface area (Å²) in [7, 11) is 0. The van der Waals surface area contributed by atoms with E-state index in [-0.39, 0.29) is 5.97 Å². The molecule has 2 aromatic carbocycles. The Morgan fingerprint density at radius 2 is 2.00 bits per heavy atom. The minimum Gasteiger partial charge on any atom is -0.463 e. The van der Waals surface area contributed by atoms with Crippen molar-refractivity contribution < 1.29 is 14.3 Å². The number of esters is 1. The fourth-order valence-electron chi connectivity index (χ4n) is 3.49. The molecule has 3 rings (SSSR count). The summed E-state index contributed by atoms with van der Waals surface area (Å²) in [6, 6.07) is 16.7. The number of carbonyl (C=O) groups is 1. The Morgan fingerprint density at radius 1 is 1.18 bits per heavy atom. The Hall–Kier alpha value is -2.59. The first-order valence-electron chi connectivity index (χ1n) is 10.0. The van der Waals surface area contributed by atoms with E-state index in [0.717, 1.165) is 38.1 Å². The van der Waals surface area contributed by atoms with Crippen molar-refractivity contribution in [2.75, 3.05) is 31.2 Å². The highest BCUT2D eigenvalue weighted by Crippen LogP contribution is 2.29. The number of nitrogens with zero attached hydrogens (tertiary/aromatic N) is 1. The monoisotopic (exact) mass is 379 g/mol. The largest absolute Gasteiger partial charge is 0.463 e. The molecular formula is C24H29NO3. The van der Waals surface area contributed by atoms with E-state index >= 15 is 0 Å². The first kappa shape index (κ1) is 20.2. The second-order valence-electron chi connectivity index (χ2n) is 7.06. The van der Waals surface area contributed by atoms with Crippen molar-refractivity contribution in [1.82, 2.24) is 0 Å². The van der Waals surface area contributed by atoms with Gasteiger partial charge in [-0.3, -0.25) is 0 Å². The molecule has 0 spiro atoms. The van der Waals surface area contributed by atoms with E-state index in [1.54, 1.807) is 6.92 Å². The lowest BCUT2D eigenvalue weighted by atomic mass is 10.1. The SMILES string of the molecule is CCOC(=O)C(C)=Cc1ccc2c(c1)CCN2CCCOCc1ccccc1. The van der Waals surface area contributed by atoms with Crippen molar-refractivity contribution in [3.63, 3.8) is 0 Å². The molecule has 4 heteroatoms. The van der Waals surface area contributed by atoms with Crippen LogP contribution < -0.4 is 4.90 Å². The Labute approximate surface area is 167 Å². The Balaban J connectivity index is 1.49. The summed E-state index contributed by atoms with van der Waals surface area (Å²) < 4.78 is 10.8. The van der Waals surface area contributed by atoms with Crippen LogP contribution in [0.25, 0.3) is 6.08 Å². The Bertz CT molecular complexity index is 814. The minimum absolute atomic E-state index is 0.250. The summed E-state index contributed by atoms with van der Waals surface area (Å²) in [6.45, 7) is 7.50. The summed E-state index contributed by atoms with van der Waals surface area (Å²) in [5.41, 5.74) is 5.54. The highest BCUT2D eigenvalue weighted by molar-refractivity contribution is 5.93. The van der Waals surface area contributed by atoms with E-state index in [9.17, 15) is 4.79 Å². The zero-order valence-corrected chi connectivity index (χ0v) is 16.8. The fourth-order valence-corrected chi connectivity index (χ4v) is 3.49. The van der Waals surface area contributed by atoms with Gasteiger partial charge in [0.15, 0.2) is 0 Å². The van der Waals surface area contributed by atoms with E-state index < -0.39 is 0 Å². The highest BCUT2D eigenvalue weighted by Gasteiger charge is 2.18. The van der Waals surface area contributed by atoms with Gasteiger partial charge in [0.05, 0.1) is 13.2 Å². The molecule has 0 radical (unpaired) electrons. The molecule has 148 valence electrons. The first-order valence-corrected chi connectivity index (χ1v) is 10.0. The molecule has 0 saturated heterocycles. The molecule has 1 aliphatic rings. The third kappa shape index (κ3) is 5.46. The van der Waals surface area contributed by atoms with Crippen molar-refractivity contribution in [2.24, 2.45) is 0 Å². The molecule has 1 aliphatic heterocycles. The molecule has 0 atom stereocenters. The van der Waals surface area contributed by atoms with Crippen LogP contribution in [0.4, 0.5) is 5.69 Å². The molecule has 0 bridgehead atoms. The lowest BCUT2D eigenvalue weighted by Gasteiger charge is -2.19. The molecule has 0 N–H and O–H groups in total. The second-order valence-corrected chi connectivity index (χ2v) is 7.06.